The molecule has 0 N–H and O–H groups in total. The van der Waals surface area contributed by atoms with E-state index >= 15 is 0 Å². The molecular formula is C12H15FO2. The molecule has 1 aromatic carbocycles. The van der Waals surface area contributed by atoms with E-state index in [9.17, 15) is 9.18 Å². The highest BCUT2D eigenvalue weighted by Gasteiger charge is 2.18. The summed E-state index contributed by atoms with van der Waals surface area (Å²) in [6.07, 6.45) is 0. The molecule has 0 aromatic heterocycles. The monoisotopic (exact) mass is 210 g/mol. The predicted octanol–water partition coefficient (Wildman–Crippen LogP) is 3.28. The first-order chi connectivity index (χ1) is 6.79. The maximum atomic E-state index is 13.2. The van der Waals surface area contributed by atoms with Crippen LogP contribution in [0.15, 0.2) is 18.2 Å². The molecule has 0 saturated heterocycles. The Hall–Kier alpha value is -1.38. The van der Waals surface area contributed by atoms with Gasteiger partial charge in [-0.05, 0) is 37.6 Å². The molecule has 0 aliphatic rings. The molecule has 0 atom stereocenters. The molecule has 0 unspecified atom stereocenters. The number of carbonyl (C=O) groups is 1. The van der Waals surface area contributed by atoms with E-state index < -0.39 is 5.85 Å². The number of hydrogen-bond acceptors (Lipinski definition) is 2. The van der Waals surface area contributed by atoms with E-state index in [-0.39, 0.29) is 5.78 Å². The largest absolute Gasteiger partial charge is 0.458 e. The first kappa shape index (κ1) is 11.7. The summed E-state index contributed by atoms with van der Waals surface area (Å²) in [7, 11) is 0. The van der Waals surface area contributed by atoms with Gasteiger partial charge in [0.05, 0.1) is 0 Å². The fourth-order valence-corrected chi connectivity index (χ4v) is 1.24. The van der Waals surface area contributed by atoms with Gasteiger partial charge in [0.1, 0.15) is 5.75 Å². The van der Waals surface area contributed by atoms with Gasteiger partial charge in [0.15, 0.2) is 5.78 Å². The highest BCUT2D eigenvalue weighted by molar-refractivity contribution is 5.94. The molecule has 0 radical (unpaired) electrons. The molecule has 0 heterocycles. The number of Topliss-reactive ketones (excluding diaryl/α,β-unsaturated/α-hetero) is 1. The Labute approximate surface area is 89.1 Å². The molecule has 0 aliphatic heterocycles. The lowest BCUT2D eigenvalue weighted by molar-refractivity contribution is -0.0262. The van der Waals surface area contributed by atoms with Crippen molar-refractivity contribution in [2.75, 3.05) is 0 Å². The number of aryl methyl sites for hydroxylation is 1. The number of ketones is 1. The van der Waals surface area contributed by atoms with Crippen molar-refractivity contribution < 1.29 is 13.9 Å². The van der Waals surface area contributed by atoms with Gasteiger partial charge in [-0.25, -0.2) is 0 Å². The zero-order valence-corrected chi connectivity index (χ0v) is 9.43. The first-order valence-electron chi connectivity index (χ1n) is 4.79. The number of carbonyl (C=O) groups excluding carboxylic acids is 1. The van der Waals surface area contributed by atoms with E-state index in [2.05, 4.69) is 0 Å². The van der Waals surface area contributed by atoms with E-state index in [1.165, 1.54) is 20.8 Å². The van der Waals surface area contributed by atoms with Gasteiger partial charge in [0.25, 0.3) is 0 Å². The molecule has 15 heavy (non-hydrogen) atoms. The predicted molar refractivity (Wildman–Crippen MR) is 57.0 cm³/mol. The first-order valence-corrected chi connectivity index (χ1v) is 4.79. The third-order valence-electron chi connectivity index (χ3n) is 1.93. The number of alkyl halides is 1. The average Bonchev–Trinajstić information content (AvgIpc) is 2.05. The van der Waals surface area contributed by atoms with Crippen LogP contribution in [0.2, 0.25) is 0 Å². The zero-order chi connectivity index (χ0) is 11.6. The van der Waals surface area contributed by atoms with Crippen molar-refractivity contribution in [2.45, 2.75) is 33.5 Å². The Bertz CT molecular complexity index is 378. The van der Waals surface area contributed by atoms with Gasteiger partial charge in [-0.1, -0.05) is 0 Å². The van der Waals surface area contributed by atoms with Gasteiger partial charge in [0.2, 0.25) is 5.85 Å². The summed E-state index contributed by atoms with van der Waals surface area (Å²) in [5.41, 5.74) is 1.37. The number of hydrogen-bond donors (Lipinski definition) is 0. The van der Waals surface area contributed by atoms with Crippen LogP contribution in [0.3, 0.4) is 0 Å². The number of rotatable bonds is 3. The summed E-state index contributed by atoms with van der Waals surface area (Å²) >= 11 is 0. The minimum atomic E-state index is -1.71. The van der Waals surface area contributed by atoms with E-state index in [1.54, 1.807) is 25.1 Å². The molecule has 0 bridgehead atoms. The lowest BCUT2D eigenvalue weighted by Gasteiger charge is -2.18. The summed E-state index contributed by atoms with van der Waals surface area (Å²) in [6.45, 7) is 5.96. The lowest BCUT2D eigenvalue weighted by Crippen LogP contribution is -2.21. The minimum Gasteiger partial charge on any atom is -0.458 e. The molecule has 2 nitrogen and oxygen atoms in total. The zero-order valence-electron chi connectivity index (χ0n) is 9.43. The van der Waals surface area contributed by atoms with Crippen LogP contribution in [-0.4, -0.2) is 11.6 Å². The number of benzene rings is 1. The maximum absolute atomic E-state index is 13.2. The van der Waals surface area contributed by atoms with Crippen LogP contribution < -0.4 is 4.74 Å². The molecule has 0 amide bonds. The fourth-order valence-electron chi connectivity index (χ4n) is 1.24. The third kappa shape index (κ3) is 3.35. The standard InChI is InChI=1S/C12H15FO2/c1-8-7-10(9(2)14)5-6-11(8)15-12(3,4)13/h5-7H,1-4H3. The Morgan fingerprint density at radius 1 is 1.40 bits per heavy atom. The van der Waals surface area contributed by atoms with Crippen molar-refractivity contribution in [1.29, 1.82) is 0 Å². The highest BCUT2D eigenvalue weighted by atomic mass is 19.2. The van der Waals surface area contributed by atoms with Gasteiger partial charge in [-0.3, -0.25) is 4.79 Å². The summed E-state index contributed by atoms with van der Waals surface area (Å²) in [5, 5.41) is 0. The van der Waals surface area contributed by atoms with E-state index in [4.69, 9.17) is 4.74 Å². The van der Waals surface area contributed by atoms with Crippen LogP contribution in [0.5, 0.6) is 5.75 Å². The van der Waals surface area contributed by atoms with Crippen molar-refractivity contribution in [3.05, 3.63) is 29.3 Å². The second kappa shape index (κ2) is 4.01. The third-order valence-corrected chi connectivity index (χ3v) is 1.93. The van der Waals surface area contributed by atoms with Crippen LogP contribution in [0.25, 0.3) is 0 Å². The van der Waals surface area contributed by atoms with Gasteiger partial charge < -0.3 is 4.74 Å². The Morgan fingerprint density at radius 2 is 2.00 bits per heavy atom. The van der Waals surface area contributed by atoms with Gasteiger partial charge >= 0.3 is 0 Å². The van der Waals surface area contributed by atoms with Crippen LogP contribution >= 0.6 is 0 Å². The highest BCUT2D eigenvalue weighted by Crippen LogP contribution is 2.24. The fraction of sp³-hybridized carbons (Fsp3) is 0.417. The van der Waals surface area contributed by atoms with Gasteiger partial charge in [-0.15, -0.1) is 0 Å². The second-order valence-corrected chi connectivity index (χ2v) is 4.00. The van der Waals surface area contributed by atoms with Crippen molar-refractivity contribution in [2.24, 2.45) is 0 Å². The van der Waals surface area contributed by atoms with Crippen LogP contribution in [0, 0.1) is 6.92 Å². The van der Waals surface area contributed by atoms with Gasteiger partial charge in [0, 0.05) is 19.4 Å². The summed E-state index contributed by atoms with van der Waals surface area (Å²) in [4.78, 5) is 11.1. The van der Waals surface area contributed by atoms with Crippen LogP contribution in [0.1, 0.15) is 36.7 Å². The average molecular weight is 210 g/mol. The summed E-state index contributed by atoms with van der Waals surface area (Å²) < 4.78 is 18.3. The minimum absolute atomic E-state index is 0.0100. The molecule has 82 valence electrons. The van der Waals surface area contributed by atoms with E-state index in [0.717, 1.165) is 5.56 Å². The maximum Gasteiger partial charge on any atom is 0.242 e. The number of ether oxygens (including phenoxy) is 1. The van der Waals surface area contributed by atoms with Crippen molar-refractivity contribution in [3.63, 3.8) is 0 Å². The molecule has 1 aromatic rings. The molecule has 1 rings (SSSR count). The van der Waals surface area contributed by atoms with E-state index in [1.807, 2.05) is 0 Å². The molecule has 0 spiro atoms. The number of halogens is 1. The SMILES string of the molecule is CC(=O)c1ccc(OC(C)(C)F)c(C)c1. The summed E-state index contributed by atoms with van der Waals surface area (Å²) in [5.74, 6) is -1.25. The second-order valence-electron chi connectivity index (χ2n) is 4.00. The smallest absolute Gasteiger partial charge is 0.242 e. The quantitative estimate of drug-likeness (QED) is 0.715. The Morgan fingerprint density at radius 3 is 2.40 bits per heavy atom. The lowest BCUT2D eigenvalue weighted by atomic mass is 10.1. The van der Waals surface area contributed by atoms with Crippen LogP contribution in [-0.2, 0) is 0 Å². The van der Waals surface area contributed by atoms with Crippen molar-refractivity contribution in [3.8, 4) is 5.75 Å². The normalized spacial score (nSPS) is 11.3. The molecule has 0 aliphatic carbocycles. The topological polar surface area (TPSA) is 26.3 Å². The molecular weight excluding hydrogens is 195 g/mol. The van der Waals surface area contributed by atoms with Crippen molar-refractivity contribution >= 4 is 5.78 Å². The molecule has 0 saturated carbocycles. The Kier molecular flexibility index (Phi) is 3.12. The van der Waals surface area contributed by atoms with E-state index in [0.29, 0.717) is 11.3 Å². The molecule has 0 fully saturated rings. The van der Waals surface area contributed by atoms with Gasteiger partial charge in [-0.2, -0.15) is 4.39 Å². The van der Waals surface area contributed by atoms with Crippen LogP contribution in [0.4, 0.5) is 4.39 Å². The van der Waals surface area contributed by atoms with Crippen molar-refractivity contribution in [1.82, 2.24) is 0 Å². The summed E-state index contributed by atoms with van der Waals surface area (Å²) in [6, 6.07) is 4.95. The molecule has 3 heteroatoms. The Balaban J connectivity index is 2.99.